The van der Waals surface area contributed by atoms with Gasteiger partial charge in [0.25, 0.3) is 11.8 Å². The number of hydrogen-bond donors (Lipinski definition) is 1. The molecule has 4 rings (SSSR count). The molecular formula is C21H18Cl2N2O4. The van der Waals surface area contributed by atoms with Gasteiger partial charge in [-0.15, -0.1) is 0 Å². The number of halogens is 2. The van der Waals surface area contributed by atoms with Gasteiger partial charge in [-0.05, 0) is 30.7 Å². The lowest BCUT2D eigenvalue weighted by Crippen LogP contribution is -2.33. The highest BCUT2D eigenvalue weighted by molar-refractivity contribution is 6.41. The lowest BCUT2D eigenvalue weighted by atomic mass is 10.0. The molecule has 2 amide bonds. The van der Waals surface area contributed by atoms with Crippen LogP contribution in [0.4, 0.5) is 5.69 Å². The first-order valence-corrected chi connectivity index (χ1v) is 9.97. The van der Waals surface area contributed by atoms with E-state index in [0.29, 0.717) is 59.0 Å². The molecule has 0 radical (unpaired) electrons. The van der Waals surface area contributed by atoms with Gasteiger partial charge in [0.05, 0.1) is 10.6 Å². The second-order valence-electron chi connectivity index (χ2n) is 6.62. The van der Waals surface area contributed by atoms with E-state index in [1.807, 2.05) is 6.92 Å². The van der Waals surface area contributed by atoms with Crippen molar-refractivity contribution in [3.8, 4) is 11.5 Å². The zero-order valence-electron chi connectivity index (χ0n) is 15.6. The van der Waals surface area contributed by atoms with Gasteiger partial charge in [0, 0.05) is 28.9 Å². The van der Waals surface area contributed by atoms with Crippen molar-refractivity contribution >= 4 is 46.3 Å². The van der Waals surface area contributed by atoms with Crippen LogP contribution in [0.15, 0.2) is 42.1 Å². The molecule has 0 bridgehead atoms. The summed E-state index contributed by atoms with van der Waals surface area (Å²) >= 11 is 12.3. The average molecular weight is 433 g/mol. The van der Waals surface area contributed by atoms with E-state index >= 15 is 0 Å². The van der Waals surface area contributed by atoms with Crippen molar-refractivity contribution in [3.05, 3.63) is 57.7 Å². The molecule has 2 aliphatic rings. The van der Waals surface area contributed by atoms with E-state index in [1.54, 1.807) is 36.4 Å². The van der Waals surface area contributed by atoms with Crippen molar-refractivity contribution in [2.24, 2.45) is 0 Å². The zero-order valence-corrected chi connectivity index (χ0v) is 17.1. The Morgan fingerprint density at radius 3 is 2.48 bits per heavy atom. The molecular weight excluding hydrogens is 415 g/mol. The van der Waals surface area contributed by atoms with Gasteiger partial charge in [-0.25, -0.2) is 0 Å². The summed E-state index contributed by atoms with van der Waals surface area (Å²) in [6.07, 6.45) is 0.649. The molecule has 0 spiro atoms. The number of hydrogen-bond acceptors (Lipinski definition) is 5. The molecule has 0 fully saturated rings. The third kappa shape index (κ3) is 3.66. The topological polar surface area (TPSA) is 67.9 Å². The normalized spacial score (nSPS) is 15.9. The fourth-order valence-electron chi connectivity index (χ4n) is 3.33. The van der Waals surface area contributed by atoms with Gasteiger partial charge in [0.2, 0.25) is 0 Å². The molecule has 0 atom stereocenters. The second-order valence-corrected chi connectivity index (χ2v) is 7.46. The fraction of sp³-hybridized carbons (Fsp3) is 0.238. The van der Waals surface area contributed by atoms with E-state index in [1.165, 1.54) is 4.90 Å². The highest BCUT2D eigenvalue weighted by Gasteiger charge is 2.39. The molecule has 1 N–H and O–H groups in total. The highest BCUT2D eigenvalue weighted by atomic mass is 35.5. The highest BCUT2D eigenvalue weighted by Crippen LogP contribution is 2.37. The zero-order chi connectivity index (χ0) is 20.5. The molecule has 0 aliphatic carbocycles. The van der Waals surface area contributed by atoms with Crippen LogP contribution in [0.5, 0.6) is 11.5 Å². The Morgan fingerprint density at radius 1 is 1.00 bits per heavy atom. The Hall–Kier alpha value is -2.70. The van der Waals surface area contributed by atoms with Crippen molar-refractivity contribution in [1.29, 1.82) is 0 Å². The molecule has 150 valence electrons. The number of nitrogens with one attached hydrogen (secondary N) is 1. The van der Waals surface area contributed by atoms with Crippen LogP contribution in [0, 0.1) is 0 Å². The van der Waals surface area contributed by atoms with Gasteiger partial charge in [-0.3, -0.25) is 14.5 Å². The largest absolute Gasteiger partial charge is 0.486 e. The summed E-state index contributed by atoms with van der Waals surface area (Å²) < 4.78 is 11.1. The van der Waals surface area contributed by atoms with Gasteiger partial charge in [-0.1, -0.05) is 36.2 Å². The number of carbonyl (C=O) groups excluding carboxylic acids is 2. The first kappa shape index (κ1) is 19.6. The first-order valence-electron chi connectivity index (χ1n) is 9.22. The van der Waals surface area contributed by atoms with Crippen LogP contribution >= 0.6 is 23.2 Å². The molecule has 29 heavy (non-hydrogen) atoms. The average Bonchev–Trinajstić information content (AvgIpc) is 2.93. The summed E-state index contributed by atoms with van der Waals surface area (Å²) in [4.78, 5) is 27.3. The Morgan fingerprint density at radius 2 is 1.76 bits per heavy atom. The summed E-state index contributed by atoms with van der Waals surface area (Å²) in [6.45, 7) is 3.16. The summed E-state index contributed by atoms with van der Waals surface area (Å²) in [5.41, 5.74) is 1.45. The van der Waals surface area contributed by atoms with Gasteiger partial charge < -0.3 is 14.8 Å². The fourth-order valence-corrected chi connectivity index (χ4v) is 3.83. The molecule has 8 heteroatoms. The molecule has 0 saturated carbocycles. The minimum atomic E-state index is -0.396. The van der Waals surface area contributed by atoms with Crippen LogP contribution in [0.2, 0.25) is 10.0 Å². The van der Waals surface area contributed by atoms with Gasteiger partial charge in [0.15, 0.2) is 11.5 Å². The van der Waals surface area contributed by atoms with Crippen LogP contribution in [-0.2, 0) is 9.59 Å². The Bertz CT molecular complexity index is 1040. The number of fused-ring (bicyclic) bond motifs is 1. The SMILES string of the molecule is CCCN1C(=O)C(Nc2ccc3c(c2)OCCO3)=C(c2ccc(Cl)cc2Cl)C1=O. The lowest BCUT2D eigenvalue weighted by molar-refractivity contribution is -0.136. The Labute approximate surface area is 178 Å². The molecule has 0 saturated heterocycles. The number of amides is 2. The third-order valence-electron chi connectivity index (χ3n) is 4.63. The molecule has 0 aromatic heterocycles. The van der Waals surface area contributed by atoms with Crippen molar-refractivity contribution in [2.75, 3.05) is 25.1 Å². The van der Waals surface area contributed by atoms with Crippen molar-refractivity contribution in [1.82, 2.24) is 4.90 Å². The van der Waals surface area contributed by atoms with Crippen LogP contribution in [0.25, 0.3) is 5.57 Å². The van der Waals surface area contributed by atoms with Gasteiger partial charge in [0.1, 0.15) is 18.9 Å². The molecule has 2 aromatic carbocycles. The minimum Gasteiger partial charge on any atom is -0.486 e. The van der Waals surface area contributed by atoms with E-state index in [9.17, 15) is 9.59 Å². The summed E-state index contributed by atoms with van der Waals surface area (Å²) in [5, 5.41) is 3.84. The van der Waals surface area contributed by atoms with Crippen molar-refractivity contribution in [2.45, 2.75) is 13.3 Å². The molecule has 0 unspecified atom stereocenters. The molecule has 2 aliphatic heterocycles. The third-order valence-corrected chi connectivity index (χ3v) is 5.18. The Balaban J connectivity index is 1.78. The van der Waals surface area contributed by atoms with Crippen molar-refractivity contribution < 1.29 is 19.1 Å². The summed E-state index contributed by atoms with van der Waals surface area (Å²) in [5.74, 6) is 0.433. The predicted octanol–water partition coefficient (Wildman–Crippen LogP) is 4.37. The molecule has 2 aromatic rings. The van der Waals surface area contributed by atoms with E-state index in [4.69, 9.17) is 32.7 Å². The number of benzene rings is 2. The lowest BCUT2D eigenvalue weighted by Gasteiger charge is -2.19. The van der Waals surface area contributed by atoms with Gasteiger partial charge >= 0.3 is 0 Å². The number of carbonyl (C=O) groups is 2. The number of nitrogens with zero attached hydrogens (tertiary/aromatic N) is 1. The maximum atomic E-state index is 13.0. The monoisotopic (exact) mass is 432 g/mol. The van der Waals surface area contributed by atoms with Crippen LogP contribution in [-0.4, -0.2) is 36.5 Å². The predicted molar refractivity (Wildman–Crippen MR) is 111 cm³/mol. The number of ether oxygens (including phenoxy) is 2. The maximum absolute atomic E-state index is 13.0. The standard InChI is InChI=1S/C21H18Cl2N2O4/c1-2-7-25-20(26)18(14-5-3-12(22)10-15(14)23)19(21(25)27)24-13-4-6-16-17(11-13)29-9-8-28-16/h3-6,10-11,24H,2,7-9H2,1H3. The van der Waals surface area contributed by atoms with Crippen LogP contribution in [0.3, 0.4) is 0 Å². The van der Waals surface area contributed by atoms with Crippen LogP contribution < -0.4 is 14.8 Å². The maximum Gasteiger partial charge on any atom is 0.278 e. The van der Waals surface area contributed by atoms with Crippen LogP contribution in [0.1, 0.15) is 18.9 Å². The second kappa shape index (κ2) is 7.97. The van der Waals surface area contributed by atoms with E-state index < -0.39 is 5.91 Å². The van der Waals surface area contributed by atoms with E-state index in [-0.39, 0.29) is 17.2 Å². The first-order chi connectivity index (χ1) is 14.0. The number of imide groups is 1. The van der Waals surface area contributed by atoms with Crippen molar-refractivity contribution in [3.63, 3.8) is 0 Å². The smallest absolute Gasteiger partial charge is 0.278 e. The van der Waals surface area contributed by atoms with Gasteiger partial charge in [-0.2, -0.15) is 0 Å². The number of anilines is 1. The minimum absolute atomic E-state index is 0.171. The molecule has 2 heterocycles. The van der Waals surface area contributed by atoms with E-state index in [2.05, 4.69) is 5.32 Å². The number of rotatable bonds is 5. The molecule has 6 nitrogen and oxygen atoms in total. The summed E-state index contributed by atoms with van der Waals surface area (Å²) in [7, 11) is 0. The quantitative estimate of drug-likeness (QED) is 0.710. The summed E-state index contributed by atoms with van der Waals surface area (Å²) in [6, 6.07) is 10.1. The Kier molecular flexibility index (Phi) is 5.39. The van der Waals surface area contributed by atoms with E-state index in [0.717, 1.165) is 0 Å².